The molecule has 1 fully saturated rings. The van der Waals surface area contributed by atoms with Gasteiger partial charge in [0.05, 0.1) is 6.61 Å². The number of unbranched alkanes of at least 4 members (excludes halogenated alkanes) is 2. The highest BCUT2D eigenvalue weighted by molar-refractivity contribution is 5.27. The summed E-state index contributed by atoms with van der Waals surface area (Å²) < 4.78 is 5.72. The molecule has 112 valence electrons. The average molecular weight is 275 g/mol. The molecule has 1 aliphatic carbocycles. The van der Waals surface area contributed by atoms with Gasteiger partial charge < -0.3 is 10.1 Å². The van der Waals surface area contributed by atoms with Crippen molar-refractivity contribution in [2.45, 2.75) is 58.4 Å². The molecular formula is C18H29NO. The van der Waals surface area contributed by atoms with Crippen LogP contribution in [-0.4, -0.2) is 13.2 Å². The first-order valence-corrected chi connectivity index (χ1v) is 8.31. The topological polar surface area (TPSA) is 21.3 Å². The molecule has 0 saturated heterocycles. The van der Waals surface area contributed by atoms with Gasteiger partial charge >= 0.3 is 0 Å². The smallest absolute Gasteiger partial charge is 0.119 e. The minimum atomic E-state index is 0.840. The predicted octanol–water partition coefficient (Wildman–Crippen LogP) is 4.54. The number of hydrogen-bond acceptors (Lipinski definition) is 2. The van der Waals surface area contributed by atoms with Crippen molar-refractivity contribution in [1.82, 2.24) is 5.32 Å². The molecular weight excluding hydrogens is 246 g/mol. The fourth-order valence-corrected chi connectivity index (χ4v) is 2.57. The molecule has 1 saturated carbocycles. The highest BCUT2D eigenvalue weighted by Crippen LogP contribution is 2.28. The number of hydrogen-bond donors (Lipinski definition) is 1. The standard InChI is InChI=1S/C18H29NO/c1-2-3-4-14-20-18-10-8-17(9-11-18)15-19-13-12-16-6-5-7-16/h8-11,16,19H,2-7,12-15H2,1H3. The van der Waals surface area contributed by atoms with E-state index >= 15 is 0 Å². The van der Waals surface area contributed by atoms with Crippen LogP contribution in [0, 0.1) is 5.92 Å². The molecule has 0 radical (unpaired) electrons. The summed E-state index contributed by atoms with van der Waals surface area (Å²) in [7, 11) is 0. The molecule has 1 aromatic rings. The van der Waals surface area contributed by atoms with Gasteiger partial charge in [-0.25, -0.2) is 0 Å². The van der Waals surface area contributed by atoms with Crippen LogP contribution in [0.1, 0.15) is 57.4 Å². The highest BCUT2D eigenvalue weighted by Gasteiger charge is 2.15. The van der Waals surface area contributed by atoms with E-state index in [1.165, 1.54) is 44.1 Å². The first-order valence-electron chi connectivity index (χ1n) is 8.31. The lowest BCUT2D eigenvalue weighted by Gasteiger charge is -2.25. The fourth-order valence-electron chi connectivity index (χ4n) is 2.57. The third-order valence-corrected chi connectivity index (χ3v) is 4.22. The average Bonchev–Trinajstić information content (AvgIpc) is 2.43. The first-order chi connectivity index (χ1) is 9.88. The highest BCUT2D eigenvalue weighted by atomic mass is 16.5. The first kappa shape index (κ1) is 15.4. The zero-order chi connectivity index (χ0) is 14.0. The largest absolute Gasteiger partial charge is 0.494 e. The van der Waals surface area contributed by atoms with Gasteiger partial charge in [0.2, 0.25) is 0 Å². The molecule has 0 atom stereocenters. The van der Waals surface area contributed by atoms with Gasteiger partial charge in [0.25, 0.3) is 0 Å². The molecule has 1 aliphatic rings. The van der Waals surface area contributed by atoms with Crippen molar-refractivity contribution in [2.75, 3.05) is 13.2 Å². The maximum Gasteiger partial charge on any atom is 0.119 e. The van der Waals surface area contributed by atoms with Crippen molar-refractivity contribution >= 4 is 0 Å². The number of benzene rings is 1. The van der Waals surface area contributed by atoms with Crippen molar-refractivity contribution in [2.24, 2.45) is 5.92 Å². The van der Waals surface area contributed by atoms with Crippen LogP contribution in [0.25, 0.3) is 0 Å². The van der Waals surface area contributed by atoms with Gasteiger partial charge in [0.1, 0.15) is 5.75 Å². The molecule has 1 N–H and O–H groups in total. The van der Waals surface area contributed by atoms with Crippen molar-refractivity contribution < 1.29 is 4.74 Å². The molecule has 0 aromatic heterocycles. The van der Waals surface area contributed by atoms with E-state index < -0.39 is 0 Å². The Morgan fingerprint density at radius 3 is 2.60 bits per heavy atom. The van der Waals surface area contributed by atoms with Crippen molar-refractivity contribution in [3.8, 4) is 5.75 Å². The molecule has 2 heteroatoms. The monoisotopic (exact) mass is 275 g/mol. The summed E-state index contributed by atoms with van der Waals surface area (Å²) in [6.07, 6.45) is 9.35. The Hall–Kier alpha value is -1.02. The molecule has 1 aromatic carbocycles. The van der Waals surface area contributed by atoms with Crippen molar-refractivity contribution in [3.63, 3.8) is 0 Å². The second-order valence-corrected chi connectivity index (χ2v) is 5.96. The zero-order valence-electron chi connectivity index (χ0n) is 12.9. The van der Waals surface area contributed by atoms with Crippen molar-refractivity contribution in [3.05, 3.63) is 29.8 Å². The van der Waals surface area contributed by atoms with Crippen molar-refractivity contribution in [1.29, 1.82) is 0 Å². The Kier molecular flexibility index (Phi) is 6.93. The van der Waals surface area contributed by atoms with E-state index in [0.717, 1.165) is 37.8 Å². The van der Waals surface area contributed by atoms with Crippen LogP contribution in [0.5, 0.6) is 5.75 Å². The molecule has 2 rings (SSSR count). The lowest BCUT2D eigenvalue weighted by molar-refractivity contribution is 0.292. The lowest BCUT2D eigenvalue weighted by atomic mass is 9.83. The van der Waals surface area contributed by atoms with Crippen LogP contribution >= 0.6 is 0 Å². The number of ether oxygens (including phenoxy) is 1. The summed E-state index contributed by atoms with van der Waals surface area (Å²) in [4.78, 5) is 0. The Balaban J connectivity index is 1.58. The predicted molar refractivity (Wildman–Crippen MR) is 85.1 cm³/mol. The van der Waals surface area contributed by atoms with Crippen LogP contribution < -0.4 is 10.1 Å². The van der Waals surface area contributed by atoms with Crippen LogP contribution in [-0.2, 0) is 6.54 Å². The van der Waals surface area contributed by atoms with Crippen LogP contribution in [0.3, 0.4) is 0 Å². The Morgan fingerprint density at radius 2 is 1.95 bits per heavy atom. The summed E-state index contributed by atoms with van der Waals surface area (Å²) in [5, 5.41) is 3.54. The van der Waals surface area contributed by atoms with E-state index in [2.05, 4.69) is 36.5 Å². The zero-order valence-corrected chi connectivity index (χ0v) is 12.9. The van der Waals surface area contributed by atoms with Gasteiger partial charge in [0, 0.05) is 6.54 Å². The summed E-state index contributed by atoms with van der Waals surface area (Å²) >= 11 is 0. The summed E-state index contributed by atoms with van der Waals surface area (Å²) in [6.45, 7) is 5.18. The van der Waals surface area contributed by atoms with Gasteiger partial charge in [0.15, 0.2) is 0 Å². The van der Waals surface area contributed by atoms with Gasteiger partial charge in [-0.2, -0.15) is 0 Å². The third-order valence-electron chi connectivity index (χ3n) is 4.22. The van der Waals surface area contributed by atoms with E-state index in [1.807, 2.05) is 0 Å². The van der Waals surface area contributed by atoms with E-state index in [-0.39, 0.29) is 0 Å². The maximum absolute atomic E-state index is 5.72. The fraction of sp³-hybridized carbons (Fsp3) is 0.667. The maximum atomic E-state index is 5.72. The van der Waals surface area contributed by atoms with Crippen LogP contribution in [0.2, 0.25) is 0 Å². The minimum Gasteiger partial charge on any atom is -0.494 e. The lowest BCUT2D eigenvalue weighted by Crippen LogP contribution is -2.21. The van der Waals surface area contributed by atoms with E-state index in [4.69, 9.17) is 4.74 Å². The van der Waals surface area contributed by atoms with Gasteiger partial charge in [-0.05, 0) is 43.0 Å². The van der Waals surface area contributed by atoms with E-state index in [1.54, 1.807) is 0 Å². The van der Waals surface area contributed by atoms with Gasteiger partial charge in [-0.15, -0.1) is 0 Å². The second-order valence-electron chi connectivity index (χ2n) is 5.96. The molecule has 20 heavy (non-hydrogen) atoms. The molecule has 0 amide bonds. The normalized spacial score (nSPS) is 15.1. The third kappa shape index (κ3) is 5.54. The van der Waals surface area contributed by atoms with Crippen LogP contribution in [0.4, 0.5) is 0 Å². The summed E-state index contributed by atoms with van der Waals surface area (Å²) in [5.41, 5.74) is 1.35. The number of nitrogens with one attached hydrogen (secondary N) is 1. The summed E-state index contributed by atoms with van der Waals surface area (Å²) in [6, 6.07) is 8.53. The number of rotatable bonds is 10. The molecule has 2 nitrogen and oxygen atoms in total. The molecule has 0 spiro atoms. The molecule has 0 heterocycles. The SMILES string of the molecule is CCCCCOc1ccc(CNCCC2CCC2)cc1. The Morgan fingerprint density at radius 1 is 1.15 bits per heavy atom. The van der Waals surface area contributed by atoms with Gasteiger partial charge in [-0.3, -0.25) is 0 Å². The van der Waals surface area contributed by atoms with E-state index in [0.29, 0.717) is 0 Å². The summed E-state index contributed by atoms with van der Waals surface area (Å²) in [5.74, 6) is 2.00. The van der Waals surface area contributed by atoms with Gasteiger partial charge in [-0.1, -0.05) is 51.2 Å². The second kappa shape index (κ2) is 9.02. The Bertz CT molecular complexity index is 356. The molecule has 0 bridgehead atoms. The van der Waals surface area contributed by atoms with Crippen LogP contribution in [0.15, 0.2) is 24.3 Å². The molecule has 0 aliphatic heterocycles. The Labute approximate surface area is 123 Å². The minimum absolute atomic E-state index is 0.840. The quantitative estimate of drug-likeness (QED) is 0.633. The molecule has 0 unspecified atom stereocenters. The van der Waals surface area contributed by atoms with E-state index in [9.17, 15) is 0 Å².